The largest absolute Gasteiger partial charge is 0.368 e. The Morgan fingerprint density at radius 3 is 2.37 bits per heavy atom. The molecule has 0 unspecified atom stereocenters. The van der Waals surface area contributed by atoms with Crippen LogP contribution in [0.2, 0.25) is 0 Å². The predicted molar refractivity (Wildman–Crippen MR) is 121 cm³/mol. The number of carbonyl (C=O) groups excluding carboxylic acids is 1. The van der Waals surface area contributed by atoms with Crippen LogP contribution in [0.5, 0.6) is 0 Å². The van der Waals surface area contributed by atoms with Gasteiger partial charge in [0.25, 0.3) is 15.9 Å². The maximum Gasteiger partial charge on any atom is 0.261 e. The average molecular weight is 431 g/mol. The monoisotopic (exact) mass is 430 g/mol. The van der Waals surface area contributed by atoms with Gasteiger partial charge < -0.3 is 15.1 Å². The molecular formula is C22H30N4O3S. The molecule has 1 aliphatic heterocycles. The van der Waals surface area contributed by atoms with Crippen LogP contribution in [0.1, 0.15) is 29.3 Å². The first-order chi connectivity index (χ1) is 14.3. The van der Waals surface area contributed by atoms with Crippen molar-refractivity contribution in [2.75, 3.05) is 49.9 Å². The number of carbonyl (C=O) groups is 1. The van der Waals surface area contributed by atoms with Gasteiger partial charge in [-0.05, 0) is 42.3 Å². The Balaban J connectivity index is 1.89. The summed E-state index contributed by atoms with van der Waals surface area (Å²) >= 11 is 0. The number of nitrogens with zero attached hydrogens (tertiary/aromatic N) is 2. The summed E-state index contributed by atoms with van der Waals surface area (Å²) in [5.74, 6) is -0.159. The minimum Gasteiger partial charge on any atom is -0.368 e. The van der Waals surface area contributed by atoms with E-state index in [1.165, 1.54) is 4.90 Å². The Bertz CT molecular complexity index is 982. The van der Waals surface area contributed by atoms with Crippen LogP contribution in [0.15, 0.2) is 47.4 Å². The van der Waals surface area contributed by atoms with E-state index in [0.29, 0.717) is 11.3 Å². The van der Waals surface area contributed by atoms with E-state index < -0.39 is 10.0 Å². The van der Waals surface area contributed by atoms with Crippen molar-refractivity contribution < 1.29 is 13.2 Å². The van der Waals surface area contributed by atoms with Crippen molar-refractivity contribution >= 4 is 27.3 Å². The number of sulfonamides is 1. The van der Waals surface area contributed by atoms with E-state index in [9.17, 15) is 13.2 Å². The molecule has 0 bridgehead atoms. The molecule has 0 aromatic heterocycles. The van der Waals surface area contributed by atoms with Crippen molar-refractivity contribution in [1.29, 1.82) is 0 Å². The fourth-order valence-corrected chi connectivity index (χ4v) is 4.58. The number of rotatable bonds is 7. The first-order valence-electron chi connectivity index (χ1n) is 10.2. The zero-order valence-corrected chi connectivity index (χ0v) is 18.6. The van der Waals surface area contributed by atoms with Crippen molar-refractivity contribution in [2.24, 2.45) is 0 Å². The second-order valence-electron chi connectivity index (χ2n) is 7.67. The lowest BCUT2D eigenvalue weighted by molar-refractivity contribution is 0.0828. The molecule has 0 saturated carbocycles. The Hall–Kier alpha value is -2.58. The summed E-state index contributed by atoms with van der Waals surface area (Å²) < 4.78 is 28.3. The summed E-state index contributed by atoms with van der Waals surface area (Å²) in [4.78, 5) is 16.7. The molecule has 1 heterocycles. The summed E-state index contributed by atoms with van der Waals surface area (Å²) in [7, 11) is -0.358. The molecule has 1 aliphatic rings. The number of piperazine rings is 1. The number of hydrogen-bond acceptors (Lipinski definition) is 5. The summed E-state index contributed by atoms with van der Waals surface area (Å²) in [6.07, 6.45) is 1.92. The molecule has 2 aromatic rings. The molecule has 0 atom stereocenters. The maximum absolute atomic E-state index is 12.8. The molecule has 3 rings (SSSR count). The number of anilines is 2. The normalized spacial score (nSPS) is 14.4. The van der Waals surface area contributed by atoms with E-state index in [-0.39, 0.29) is 10.8 Å². The fourth-order valence-electron chi connectivity index (χ4n) is 3.53. The second-order valence-corrected chi connectivity index (χ2v) is 9.35. The molecule has 1 amide bonds. The third-order valence-corrected chi connectivity index (χ3v) is 6.51. The highest BCUT2D eigenvalue weighted by atomic mass is 32.2. The van der Waals surface area contributed by atoms with Gasteiger partial charge in [0.05, 0.1) is 10.5 Å². The molecule has 30 heavy (non-hydrogen) atoms. The molecule has 0 spiro atoms. The highest BCUT2D eigenvalue weighted by molar-refractivity contribution is 7.92. The van der Waals surface area contributed by atoms with Crippen LogP contribution in [-0.2, 0) is 16.4 Å². The lowest BCUT2D eigenvalue weighted by Gasteiger charge is -2.31. The topological polar surface area (TPSA) is 81.8 Å². The Kier molecular flexibility index (Phi) is 6.99. The van der Waals surface area contributed by atoms with Gasteiger partial charge in [-0.25, -0.2) is 8.42 Å². The molecular weight excluding hydrogens is 400 g/mol. The van der Waals surface area contributed by atoms with Crippen LogP contribution in [0.25, 0.3) is 0 Å². The van der Waals surface area contributed by atoms with E-state index in [0.717, 1.165) is 50.3 Å². The van der Waals surface area contributed by atoms with Crippen molar-refractivity contribution in [3.05, 3.63) is 53.6 Å². The molecule has 7 nitrogen and oxygen atoms in total. The van der Waals surface area contributed by atoms with Crippen molar-refractivity contribution in [3.8, 4) is 0 Å². The molecule has 0 aliphatic carbocycles. The third-order valence-electron chi connectivity index (χ3n) is 5.12. The average Bonchev–Trinajstić information content (AvgIpc) is 2.74. The highest BCUT2D eigenvalue weighted by Gasteiger charge is 2.22. The van der Waals surface area contributed by atoms with Crippen LogP contribution in [0.4, 0.5) is 11.4 Å². The van der Waals surface area contributed by atoms with Crippen LogP contribution >= 0.6 is 0 Å². The molecule has 1 fully saturated rings. The lowest BCUT2D eigenvalue weighted by atomic mass is 10.1. The van der Waals surface area contributed by atoms with Crippen LogP contribution in [-0.4, -0.2) is 59.5 Å². The first-order valence-corrected chi connectivity index (χ1v) is 11.7. The molecule has 0 radical (unpaired) electrons. The Labute approximate surface area is 179 Å². The standard InChI is InChI=1S/C22H30N4O3S/c1-4-5-17-6-9-19(10-7-17)30(28,29)24-18-8-11-21(26-14-12-23-13-15-26)20(16-18)22(27)25(2)3/h6-11,16,23-24H,4-5,12-15H2,1-3H3. The van der Waals surface area contributed by atoms with Gasteiger partial charge in [0.2, 0.25) is 0 Å². The zero-order valence-electron chi connectivity index (χ0n) is 17.8. The van der Waals surface area contributed by atoms with E-state index >= 15 is 0 Å². The summed E-state index contributed by atoms with van der Waals surface area (Å²) in [5.41, 5.74) is 2.79. The minimum absolute atomic E-state index is 0.159. The smallest absolute Gasteiger partial charge is 0.261 e. The van der Waals surface area contributed by atoms with Crippen molar-refractivity contribution in [2.45, 2.75) is 24.7 Å². The quantitative estimate of drug-likeness (QED) is 0.706. The number of hydrogen-bond donors (Lipinski definition) is 2. The van der Waals surface area contributed by atoms with Crippen LogP contribution < -0.4 is 14.9 Å². The van der Waals surface area contributed by atoms with Gasteiger partial charge in [-0.2, -0.15) is 0 Å². The molecule has 2 aromatic carbocycles. The van der Waals surface area contributed by atoms with E-state index in [2.05, 4.69) is 21.9 Å². The number of amides is 1. The Morgan fingerprint density at radius 2 is 1.77 bits per heavy atom. The summed E-state index contributed by atoms with van der Waals surface area (Å²) in [5, 5.41) is 3.30. The summed E-state index contributed by atoms with van der Waals surface area (Å²) in [6, 6.07) is 12.1. The van der Waals surface area contributed by atoms with Crippen LogP contribution in [0, 0.1) is 0 Å². The Morgan fingerprint density at radius 1 is 1.10 bits per heavy atom. The SMILES string of the molecule is CCCc1ccc(S(=O)(=O)Nc2ccc(N3CCNCC3)c(C(=O)N(C)C)c2)cc1. The fraction of sp³-hybridized carbons (Fsp3) is 0.409. The van der Waals surface area contributed by atoms with Gasteiger partial charge in [0.15, 0.2) is 0 Å². The predicted octanol–water partition coefficient (Wildman–Crippen LogP) is 2.55. The van der Waals surface area contributed by atoms with Gasteiger partial charge in [0.1, 0.15) is 0 Å². The number of aryl methyl sites for hydroxylation is 1. The third kappa shape index (κ3) is 5.12. The van der Waals surface area contributed by atoms with E-state index in [1.54, 1.807) is 38.4 Å². The lowest BCUT2D eigenvalue weighted by Crippen LogP contribution is -2.44. The van der Waals surface area contributed by atoms with Gasteiger partial charge >= 0.3 is 0 Å². The highest BCUT2D eigenvalue weighted by Crippen LogP contribution is 2.27. The molecule has 2 N–H and O–H groups in total. The minimum atomic E-state index is -3.74. The molecule has 8 heteroatoms. The van der Waals surface area contributed by atoms with Crippen molar-refractivity contribution in [1.82, 2.24) is 10.2 Å². The molecule has 162 valence electrons. The van der Waals surface area contributed by atoms with Gasteiger partial charge in [-0.3, -0.25) is 9.52 Å². The van der Waals surface area contributed by atoms with E-state index in [4.69, 9.17) is 0 Å². The van der Waals surface area contributed by atoms with Crippen LogP contribution in [0.3, 0.4) is 0 Å². The zero-order chi connectivity index (χ0) is 21.7. The second kappa shape index (κ2) is 9.49. The molecule has 1 saturated heterocycles. The number of benzene rings is 2. The van der Waals surface area contributed by atoms with Gasteiger partial charge in [-0.15, -0.1) is 0 Å². The van der Waals surface area contributed by atoms with Crippen molar-refractivity contribution in [3.63, 3.8) is 0 Å². The van der Waals surface area contributed by atoms with E-state index in [1.807, 2.05) is 18.2 Å². The number of nitrogens with one attached hydrogen (secondary N) is 2. The maximum atomic E-state index is 12.8. The summed E-state index contributed by atoms with van der Waals surface area (Å²) in [6.45, 7) is 5.37. The van der Waals surface area contributed by atoms with Gasteiger partial charge in [-0.1, -0.05) is 25.5 Å². The van der Waals surface area contributed by atoms with Gasteiger partial charge in [0, 0.05) is 51.6 Å². The first kappa shape index (κ1) is 22.1.